The number of hydrogen-bond donors (Lipinski definition) is 0. The van der Waals surface area contributed by atoms with Gasteiger partial charge in [0.2, 0.25) is 5.91 Å². The molecule has 1 fully saturated rings. The van der Waals surface area contributed by atoms with E-state index >= 15 is 0 Å². The first kappa shape index (κ1) is 19.0. The van der Waals surface area contributed by atoms with Crippen molar-refractivity contribution < 1.29 is 14.3 Å². The van der Waals surface area contributed by atoms with E-state index in [9.17, 15) is 9.59 Å². The minimum absolute atomic E-state index is 0.0511. The van der Waals surface area contributed by atoms with Crippen molar-refractivity contribution in [2.45, 2.75) is 19.8 Å². The van der Waals surface area contributed by atoms with Crippen LogP contribution in [0.15, 0.2) is 48.5 Å². The highest BCUT2D eigenvalue weighted by Crippen LogP contribution is 2.16. The van der Waals surface area contributed by atoms with E-state index in [1.165, 1.54) is 0 Å². The minimum atomic E-state index is 0.0511. The molecule has 1 heterocycles. The summed E-state index contributed by atoms with van der Waals surface area (Å²) in [5.41, 5.74) is 2.67. The number of hydrogen-bond acceptors (Lipinski definition) is 3. The van der Waals surface area contributed by atoms with Crippen molar-refractivity contribution in [1.29, 1.82) is 0 Å². The molecule has 5 nitrogen and oxygen atoms in total. The van der Waals surface area contributed by atoms with Gasteiger partial charge in [0.05, 0.1) is 13.5 Å². The second kappa shape index (κ2) is 8.71. The Morgan fingerprint density at radius 1 is 0.963 bits per heavy atom. The van der Waals surface area contributed by atoms with Crippen LogP contribution < -0.4 is 4.74 Å². The Balaban J connectivity index is 1.61. The summed E-state index contributed by atoms with van der Waals surface area (Å²) in [7, 11) is 1.62. The van der Waals surface area contributed by atoms with Gasteiger partial charge < -0.3 is 14.5 Å². The fraction of sp³-hybridized carbons (Fsp3) is 0.364. The average Bonchev–Trinajstić information content (AvgIpc) is 2.94. The van der Waals surface area contributed by atoms with E-state index in [0.29, 0.717) is 32.6 Å². The average molecular weight is 366 g/mol. The molecule has 0 bridgehead atoms. The van der Waals surface area contributed by atoms with Gasteiger partial charge in [-0.3, -0.25) is 9.59 Å². The van der Waals surface area contributed by atoms with Crippen LogP contribution in [0.1, 0.15) is 27.9 Å². The van der Waals surface area contributed by atoms with E-state index in [1.807, 2.05) is 65.3 Å². The van der Waals surface area contributed by atoms with E-state index in [0.717, 1.165) is 28.9 Å². The number of rotatable bonds is 4. The monoisotopic (exact) mass is 366 g/mol. The molecule has 5 heteroatoms. The third kappa shape index (κ3) is 4.67. The van der Waals surface area contributed by atoms with E-state index < -0.39 is 0 Å². The summed E-state index contributed by atoms with van der Waals surface area (Å²) in [4.78, 5) is 29.3. The normalized spacial score (nSPS) is 14.6. The molecule has 1 saturated heterocycles. The van der Waals surface area contributed by atoms with Gasteiger partial charge in [0.25, 0.3) is 5.91 Å². The maximum absolute atomic E-state index is 12.8. The molecule has 3 rings (SSSR count). The summed E-state index contributed by atoms with van der Waals surface area (Å²) in [5.74, 6) is 0.898. The second-order valence-corrected chi connectivity index (χ2v) is 6.87. The highest BCUT2D eigenvalue weighted by atomic mass is 16.5. The van der Waals surface area contributed by atoms with Crippen LogP contribution in [0.2, 0.25) is 0 Å². The van der Waals surface area contributed by atoms with Crippen LogP contribution in [-0.4, -0.2) is 54.9 Å². The molecule has 0 spiro atoms. The molecule has 0 atom stereocenters. The number of carbonyl (C=O) groups excluding carboxylic acids is 2. The number of benzene rings is 2. The fourth-order valence-electron chi connectivity index (χ4n) is 3.42. The first-order valence-corrected chi connectivity index (χ1v) is 9.34. The summed E-state index contributed by atoms with van der Waals surface area (Å²) in [6.45, 7) is 4.45. The highest BCUT2D eigenvalue weighted by Gasteiger charge is 2.23. The zero-order valence-electron chi connectivity index (χ0n) is 16.0. The standard InChI is InChI=1S/C22H26N2O3/c1-17-7-3-4-10-20(17)22(26)24-12-6-11-23(13-14-24)21(25)16-18-8-5-9-19(15-18)27-2/h3-5,7-10,15H,6,11-14,16H2,1-2H3. The SMILES string of the molecule is COc1cccc(CC(=O)N2CCCN(C(=O)c3ccccc3C)CC2)c1. The molecule has 2 aromatic rings. The largest absolute Gasteiger partial charge is 0.497 e. The first-order valence-electron chi connectivity index (χ1n) is 9.34. The minimum Gasteiger partial charge on any atom is -0.497 e. The zero-order valence-corrected chi connectivity index (χ0v) is 16.0. The Morgan fingerprint density at radius 3 is 2.48 bits per heavy atom. The van der Waals surface area contributed by atoms with Crippen LogP contribution in [0, 0.1) is 6.92 Å². The van der Waals surface area contributed by atoms with Crippen molar-refractivity contribution in [3.8, 4) is 5.75 Å². The van der Waals surface area contributed by atoms with Crippen molar-refractivity contribution in [2.24, 2.45) is 0 Å². The number of methoxy groups -OCH3 is 1. The maximum atomic E-state index is 12.8. The van der Waals surface area contributed by atoms with Crippen molar-refractivity contribution in [2.75, 3.05) is 33.3 Å². The smallest absolute Gasteiger partial charge is 0.254 e. The summed E-state index contributed by atoms with van der Waals surface area (Å²) >= 11 is 0. The van der Waals surface area contributed by atoms with Gasteiger partial charge in [0, 0.05) is 31.7 Å². The van der Waals surface area contributed by atoms with E-state index in [1.54, 1.807) is 7.11 Å². The Hall–Kier alpha value is -2.82. The molecule has 2 amide bonds. The van der Waals surface area contributed by atoms with Gasteiger partial charge in [-0.2, -0.15) is 0 Å². The second-order valence-electron chi connectivity index (χ2n) is 6.87. The molecule has 0 unspecified atom stereocenters. The van der Waals surface area contributed by atoms with Crippen LogP contribution in [-0.2, 0) is 11.2 Å². The zero-order chi connectivity index (χ0) is 19.2. The van der Waals surface area contributed by atoms with Crippen molar-refractivity contribution >= 4 is 11.8 Å². The Morgan fingerprint density at radius 2 is 1.70 bits per heavy atom. The predicted octanol–water partition coefficient (Wildman–Crippen LogP) is 2.92. The van der Waals surface area contributed by atoms with Gasteiger partial charge in [0.15, 0.2) is 0 Å². The molecule has 1 aliphatic rings. The lowest BCUT2D eigenvalue weighted by molar-refractivity contribution is -0.130. The summed E-state index contributed by atoms with van der Waals surface area (Å²) in [6, 6.07) is 15.2. The first-order chi connectivity index (χ1) is 13.1. The third-order valence-electron chi connectivity index (χ3n) is 5.00. The van der Waals surface area contributed by atoms with Crippen LogP contribution >= 0.6 is 0 Å². The molecule has 0 aromatic heterocycles. The molecule has 2 aromatic carbocycles. The van der Waals surface area contributed by atoms with Crippen LogP contribution in [0.5, 0.6) is 5.75 Å². The van der Waals surface area contributed by atoms with Gasteiger partial charge in [-0.1, -0.05) is 30.3 Å². The molecule has 142 valence electrons. The van der Waals surface area contributed by atoms with Gasteiger partial charge >= 0.3 is 0 Å². The van der Waals surface area contributed by atoms with E-state index in [4.69, 9.17) is 4.74 Å². The summed E-state index contributed by atoms with van der Waals surface area (Å²) in [5, 5.41) is 0. The molecule has 0 saturated carbocycles. The number of amides is 2. The molecular formula is C22H26N2O3. The van der Waals surface area contributed by atoms with Gasteiger partial charge in [-0.05, 0) is 42.7 Å². The number of nitrogens with zero attached hydrogens (tertiary/aromatic N) is 2. The van der Waals surface area contributed by atoms with Crippen LogP contribution in [0.3, 0.4) is 0 Å². The molecule has 27 heavy (non-hydrogen) atoms. The molecule has 1 aliphatic heterocycles. The number of aryl methyl sites for hydroxylation is 1. The quantitative estimate of drug-likeness (QED) is 0.836. The Kier molecular flexibility index (Phi) is 6.12. The number of ether oxygens (including phenoxy) is 1. The summed E-state index contributed by atoms with van der Waals surface area (Å²) < 4.78 is 5.22. The highest BCUT2D eigenvalue weighted by molar-refractivity contribution is 5.95. The van der Waals surface area contributed by atoms with Gasteiger partial charge in [-0.15, -0.1) is 0 Å². The van der Waals surface area contributed by atoms with E-state index in [-0.39, 0.29) is 11.8 Å². The Labute approximate surface area is 160 Å². The van der Waals surface area contributed by atoms with Crippen molar-refractivity contribution in [1.82, 2.24) is 9.80 Å². The third-order valence-corrected chi connectivity index (χ3v) is 5.00. The lowest BCUT2D eigenvalue weighted by Gasteiger charge is -2.23. The predicted molar refractivity (Wildman–Crippen MR) is 105 cm³/mol. The van der Waals surface area contributed by atoms with E-state index in [2.05, 4.69) is 0 Å². The van der Waals surface area contributed by atoms with Crippen molar-refractivity contribution in [3.63, 3.8) is 0 Å². The molecule has 0 aliphatic carbocycles. The number of carbonyl (C=O) groups is 2. The maximum Gasteiger partial charge on any atom is 0.254 e. The lowest BCUT2D eigenvalue weighted by Crippen LogP contribution is -2.38. The van der Waals surface area contributed by atoms with Crippen LogP contribution in [0.25, 0.3) is 0 Å². The molecule has 0 radical (unpaired) electrons. The van der Waals surface area contributed by atoms with Gasteiger partial charge in [-0.25, -0.2) is 0 Å². The topological polar surface area (TPSA) is 49.9 Å². The molecule has 0 N–H and O–H groups in total. The van der Waals surface area contributed by atoms with Crippen molar-refractivity contribution in [3.05, 3.63) is 65.2 Å². The summed E-state index contributed by atoms with van der Waals surface area (Å²) in [6.07, 6.45) is 1.14. The van der Waals surface area contributed by atoms with Crippen LogP contribution in [0.4, 0.5) is 0 Å². The molecular weight excluding hydrogens is 340 g/mol. The van der Waals surface area contributed by atoms with Gasteiger partial charge in [0.1, 0.15) is 5.75 Å². The lowest BCUT2D eigenvalue weighted by atomic mass is 10.1. The Bertz CT molecular complexity index is 819. The fourth-order valence-corrected chi connectivity index (χ4v) is 3.42.